The summed E-state index contributed by atoms with van der Waals surface area (Å²) in [6, 6.07) is 4.90. The summed E-state index contributed by atoms with van der Waals surface area (Å²) in [5, 5.41) is 0. The van der Waals surface area contributed by atoms with Crippen LogP contribution in [-0.4, -0.2) is 17.1 Å². The molecule has 3 N–H and O–H groups in total. The van der Waals surface area contributed by atoms with Crippen molar-refractivity contribution in [3.8, 4) is 5.88 Å². The Hall–Kier alpha value is -2.05. The number of nitrogens with one attached hydrogen (secondary N) is 1. The zero-order valence-corrected chi connectivity index (χ0v) is 10.5. The van der Waals surface area contributed by atoms with Gasteiger partial charge in [0.15, 0.2) is 0 Å². The first-order chi connectivity index (χ1) is 9.24. The molecule has 0 radical (unpaired) electrons. The Morgan fingerprint density at radius 3 is 2.79 bits per heavy atom. The SMILES string of the molecule is COc1ccc(CC(NN)c2ccncc2F)cn1. The first-order valence-electron chi connectivity index (χ1n) is 5.79. The van der Waals surface area contributed by atoms with Crippen LogP contribution in [0, 0.1) is 5.82 Å². The molecule has 2 heterocycles. The predicted molar refractivity (Wildman–Crippen MR) is 68.8 cm³/mol. The van der Waals surface area contributed by atoms with E-state index in [1.165, 1.54) is 12.4 Å². The van der Waals surface area contributed by atoms with Gasteiger partial charge in [-0.1, -0.05) is 6.07 Å². The highest BCUT2D eigenvalue weighted by Gasteiger charge is 2.15. The highest BCUT2D eigenvalue weighted by molar-refractivity contribution is 5.23. The van der Waals surface area contributed by atoms with Crippen LogP contribution in [0.15, 0.2) is 36.8 Å². The Morgan fingerprint density at radius 2 is 2.21 bits per heavy atom. The van der Waals surface area contributed by atoms with Gasteiger partial charge in [-0.2, -0.15) is 0 Å². The molecule has 0 aromatic carbocycles. The van der Waals surface area contributed by atoms with E-state index in [0.29, 0.717) is 17.9 Å². The zero-order chi connectivity index (χ0) is 13.7. The Bertz CT molecular complexity index is 532. The number of nitrogens with two attached hydrogens (primary N) is 1. The maximum Gasteiger partial charge on any atom is 0.212 e. The van der Waals surface area contributed by atoms with Crippen molar-refractivity contribution in [3.63, 3.8) is 0 Å². The quantitative estimate of drug-likeness (QED) is 0.629. The molecule has 2 rings (SSSR count). The Kier molecular flexibility index (Phi) is 4.38. The molecule has 0 bridgehead atoms. The molecule has 100 valence electrons. The van der Waals surface area contributed by atoms with Gasteiger partial charge in [-0.3, -0.25) is 16.3 Å². The maximum atomic E-state index is 13.7. The highest BCUT2D eigenvalue weighted by Crippen LogP contribution is 2.20. The number of rotatable bonds is 5. The summed E-state index contributed by atoms with van der Waals surface area (Å²) >= 11 is 0. The van der Waals surface area contributed by atoms with E-state index in [4.69, 9.17) is 10.6 Å². The van der Waals surface area contributed by atoms with Crippen LogP contribution in [0.25, 0.3) is 0 Å². The van der Waals surface area contributed by atoms with Crippen molar-refractivity contribution >= 4 is 0 Å². The lowest BCUT2D eigenvalue weighted by Gasteiger charge is -2.16. The lowest BCUT2D eigenvalue weighted by atomic mass is 10.0. The van der Waals surface area contributed by atoms with E-state index in [9.17, 15) is 4.39 Å². The summed E-state index contributed by atoms with van der Waals surface area (Å²) in [6.07, 6.45) is 4.91. The number of ether oxygens (including phenoxy) is 1. The smallest absolute Gasteiger partial charge is 0.212 e. The molecule has 1 atom stereocenters. The number of halogens is 1. The fourth-order valence-corrected chi connectivity index (χ4v) is 1.82. The number of aromatic nitrogens is 2. The summed E-state index contributed by atoms with van der Waals surface area (Å²) in [5.41, 5.74) is 4.02. The minimum Gasteiger partial charge on any atom is -0.481 e. The van der Waals surface area contributed by atoms with Gasteiger partial charge in [-0.05, 0) is 18.1 Å². The van der Waals surface area contributed by atoms with E-state index in [2.05, 4.69) is 15.4 Å². The standard InChI is InChI=1S/C13H15FN4O/c1-19-13-3-2-9(7-17-13)6-12(18-15)10-4-5-16-8-11(10)14/h2-5,7-8,12,18H,6,15H2,1H3. The van der Waals surface area contributed by atoms with Crippen LogP contribution in [0.5, 0.6) is 5.88 Å². The molecule has 1 unspecified atom stereocenters. The van der Waals surface area contributed by atoms with Crippen LogP contribution in [0.1, 0.15) is 17.2 Å². The van der Waals surface area contributed by atoms with Gasteiger partial charge in [0.25, 0.3) is 0 Å². The lowest BCUT2D eigenvalue weighted by Crippen LogP contribution is -2.30. The third kappa shape index (κ3) is 3.24. The Labute approximate surface area is 110 Å². The average Bonchev–Trinajstić information content (AvgIpc) is 2.46. The summed E-state index contributed by atoms with van der Waals surface area (Å²) < 4.78 is 18.6. The average molecular weight is 262 g/mol. The van der Waals surface area contributed by atoms with E-state index in [1.807, 2.05) is 6.07 Å². The van der Waals surface area contributed by atoms with Gasteiger partial charge in [0.05, 0.1) is 19.3 Å². The first kappa shape index (κ1) is 13.4. The third-order valence-corrected chi connectivity index (χ3v) is 2.83. The van der Waals surface area contributed by atoms with Crippen LogP contribution in [0.3, 0.4) is 0 Å². The summed E-state index contributed by atoms with van der Waals surface area (Å²) in [7, 11) is 1.55. The van der Waals surface area contributed by atoms with Gasteiger partial charge in [0.1, 0.15) is 5.82 Å². The minimum atomic E-state index is -0.382. The number of hydrogen-bond acceptors (Lipinski definition) is 5. The van der Waals surface area contributed by atoms with E-state index in [0.717, 1.165) is 5.56 Å². The van der Waals surface area contributed by atoms with Crippen LogP contribution in [0.4, 0.5) is 4.39 Å². The van der Waals surface area contributed by atoms with E-state index in [1.54, 1.807) is 25.4 Å². The number of pyridine rings is 2. The highest BCUT2D eigenvalue weighted by atomic mass is 19.1. The molecule has 0 aliphatic rings. The van der Waals surface area contributed by atoms with Gasteiger partial charge in [-0.15, -0.1) is 0 Å². The zero-order valence-electron chi connectivity index (χ0n) is 10.5. The molecule has 19 heavy (non-hydrogen) atoms. The number of hydrogen-bond donors (Lipinski definition) is 2. The summed E-state index contributed by atoms with van der Waals surface area (Å²) in [5.74, 6) is 5.65. The van der Waals surface area contributed by atoms with Crippen LogP contribution in [-0.2, 0) is 6.42 Å². The van der Waals surface area contributed by atoms with Crippen molar-refractivity contribution in [2.45, 2.75) is 12.5 Å². The molecule has 0 spiro atoms. The van der Waals surface area contributed by atoms with Crippen molar-refractivity contribution in [1.29, 1.82) is 0 Å². The number of methoxy groups -OCH3 is 1. The number of hydrazine groups is 1. The fourth-order valence-electron chi connectivity index (χ4n) is 1.82. The van der Waals surface area contributed by atoms with Gasteiger partial charge >= 0.3 is 0 Å². The fraction of sp³-hybridized carbons (Fsp3) is 0.231. The van der Waals surface area contributed by atoms with Gasteiger partial charge in [0, 0.05) is 24.0 Å². The molecule has 6 heteroatoms. The molecule has 0 saturated heterocycles. The van der Waals surface area contributed by atoms with Crippen LogP contribution < -0.4 is 16.0 Å². The summed E-state index contributed by atoms with van der Waals surface area (Å²) in [4.78, 5) is 7.82. The topological polar surface area (TPSA) is 73.1 Å². The minimum absolute atomic E-state index is 0.335. The van der Waals surface area contributed by atoms with E-state index >= 15 is 0 Å². The molecular formula is C13H15FN4O. The van der Waals surface area contributed by atoms with Crippen molar-refractivity contribution in [1.82, 2.24) is 15.4 Å². The normalized spacial score (nSPS) is 12.2. The van der Waals surface area contributed by atoms with Gasteiger partial charge < -0.3 is 4.74 Å². The molecule has 0 amide bonds. The van der Waals surface area contributed by atoms with Gasteiger partial charge in [-0.25, -0.2) is 9.37 Å². The van der Waals surface area contributed by atoms with E-state index < -0.39 is 0 Å². The monoisotopic (exact) mass is 262 g/mol. The molecule has 5 nitrogen and oxygen atoms in total. The van der Waals surface area contributed by atoms with Crippen molar-refractivity contribution in [2.24, 2.45) is 5.84 Å². The van der Waals surface area contributed by atoms with E-state index in [-0.39, 0.29) is 11.9 Å². The van der Waals surface area contributed by atoms with Crippen molar-refractivity contribution in [2.75, 3.05) is 7.11 Å². The second kappa shape index (κ2) is 6.21. The van der Waals surface area contributed by atoms with Gasteiger partial charge in [0.2, 0.25) is 5.88 Å². The molecule has 0 aliphatic carbocycles. The second-order valence-electron chi connectivity index (χ2n) is 4.03. The molecule has 0 fully saturated rings. The Morgan fingerprint density at radius 1 is 1.37 bits per heavy atom. The molecule has 2 aromatic heterocycles. The predicted octanol–water partition coefficient (Wildman–Crippen LogP) is 1.37. The third-order valence-electron chi connectivity index (χ3n) is 2.83. The van der Waals surface area contributed by atoms with Crippen molar-refractivity contribution < 1.29 is 9.13 Å². The number of nitrogens with zero attached hydrogens (tertiary/aromatic N) is 2. The molecule has 0 aliphatic heterocycles. The lowest BCUT2D eigenvalue weighted by molar-refractivity contribution is 0.397. The maximum absolute atomic E-state index is 13.7. The molecular weight excluding hydrogens is 247 g/mol. The van der Waals surface area contributed by atoms with Crippen molar-refractivity contribution in [3.05, 3.63) is 53.7 Å². The van der Waals surface area contributed by atoms with Crippen LogP contribution >= 0.6 is 0 Å². The second-order valence-corrected chi connectivity index (χ2v) is 4.03. The largest absolute Gasteiger partial charge is 0.481 e. The Balaban J connectivity index is 2.17. The molecule has 0 saturated carbocycles. The first-order valence-corrected chi connectivity index (χ1v) is 5.79. The van der Waals surface area contributed by atoms with Crippen LogP contribution in [0.2, 0.25) is 0 Å². The summed E-state index contributed by atoms with van der Waals surface area (Å²) in [6.45, 7) is 0. The molecule has 2 aromatic rings.